The van der Waals surface area contributed by atoms with E-state index < -0.39 is 0 Å². The van der Waals surface area contributed by atoms with Crippen molar-refractivity contribution in [2.45, 2.75) is 48.0 Å². The Morgan fingerprint density at radius 1 is 1.00 bits per heavy atom. The lowest BCUT2D eigenvalue weighted by Gasteiger charge is -2.38. The summed E-state index contributed by atoms with van der Waals surface area (Å²) < 4.78 is 0. The van der Waals surface area contributed by atoms with Crippen molar-refractivity contribution in [3.8, 4) is 0 Å². The third-order valence-electron chi connectivity index (χ3n) is 5.23. The van der Waals surface area contributed by atoms with Crippen LogP contribution >= 0.6 is 0 Å². The molecule has 0 heterocycles. The van der Waals surface area contributed by atoms with Crippen LogP contribution in [0.5, 0.6) is 0 Å². The SMILES string of the molecule is C=C1C(C)=C(/C=C/C(N)=C/C=C/C(N)=C/C=C/C=C(C)/C=C/C)C(C)(C)CC1C. The van der Waals surface area contributed by atoms with E-state index in [9.17, 15) is 0 Å². The second-order valence-corrected chi connectivity index (χ2v) is 8.37. The molecule has 0 aromatic carbocycles. The molecule has 0 aliphatic heterocycles. The summed E-state index contributed by atoms with van der Waals surface area (Å²) in [6, 6.07) is 0. The standard InChI is InChI=1S/C27H38N2/c1-8-12-20(2)13-9-10-14-24(28)15-11-16-25(29)17-18-26-23(5)22(4)21(3)19-27(26,6)7/h8-18,21H,4,19,28-29H2,1-3,5-7H3/b10-9+,12-8+,15-11+,18-17+,20-13+,24-14-,25-16-. The Morgan fingerprint density at radius 2 is 1.59 bits per heavy atom. The van der Waals surface area contributed by atoms with Crippen LogP contribution in [0.25, 0.3) is 0 Å². The Kier molecular flexibility index (Phi) is 9.47. The van der Waals surface area contributed by atoms with Crippen LogP contribution in [0.3, 0.4) is 0 Å². The van der Waals surface area contributed by atoms with Gasteiger partial charge in [-0.1, -0.05) is 75.5 Å². The molecule has 0 spiro atoms. The molecule has 0 saturated carbocycles. The fourth-order valence-electron chi connectivity index (χ4n) is 3.65. The average Bonchev–Trinajstić information content (AvgIpc) is 2.63. The van der Waals surface area contributed by atoms with Gasteiger partial charge in [-0.05, 0) is 79.5 Å². The summed E-state index contributed by atoms with van der Waals surface area (Å²) in [4.78, 5) is 0. The molecular weight excluding hydrogens is 352 g/mol. The Labute approximate surface area is 178 Å². The van der Waals surface area contributed by atoms with Crippen LogP contribution < -0.4 is 11.5 Å². The van der Waals surface area contributed by atoms with Gasteiger partial charge in [0, 0.05) is 11.4 Å². The van der Waals surface area contributed by atoms with Crippen LogP contribution in [-0.4, -0.2) is 0 Å². The first-order valence-electron chi connectivity index (χ1n) is 10.2. The van der Waals surface area contributed by atoms with E-state index in [4.69, 9.17) is 11.5 Å². The fourth-order valence-corrected chi connectivity index (χ4v) is 3.65. The summed E-state index contributed by atoms with van der Waals surface area (Å²) in [5, 5.41) is 0. The number of rotatable bonds is 7. The molecule has 0 amide bonds. The third-order valence-corrected chi connectivity index (χ3v) is 5.23. The highest BCUT2D eigenvalue weighted by atomic mass is 14.6. The van der Waals surface area contributed by atoms with Crippen molar-refractivity contribution in [3.05, 3.63) is 107 Å². The molecule has 29 heavy (non-hydrogen) atoms. The zero-order chi connectivity index (χ0) is 22.0. The van der Waals surface area contributed by atoms with Gasteiger partial charge in [0.15, 0.2) is 0 Å². The molecule has 1 aliphatic carbocycles. The summed E-state index contributed by atoms with van der Waals surface area (Å²) in [5.41, 5.74) is 18.6. The normalized spacial score (nSPS) is 22.2. The van der Waals surface area contributed by atoms with Gasteiger partial charge in [0.25, 0.3) is 0 Å². The lowest BCUT2D eigenvalue weighted by atomic mass is 9.67. The van der Waals surface area contributed by atoms with E-state index >= 15 is 0 Å². The predicted molar refractivity (Wildman–Crippen MR) is 130 cm³/mol. The van der Waals surface area contributed by atoms with Crippen molar-refractivity contribution < 1.29 is 0 Å². The molecule has 2 heteroatoms. The number of hydrogen-bond acceptors (Lipinski definition) is 2. The van der Waals surface area contributed by atoms with Crippen LogP contribution in [0.2, 0.25) is 0 Å². The maximum atomic E-state index is 6.15. The highest BCUT2D eigenvalue weighted by molar-refractivity contribution is 5.46. The summed E-state index contributed by atoms with van der Waals surface area (Å²) in [6.45, 7) is 17.3. The quantitative estimate of drug-likeness (QED) is 0.470. The Balaban J connectivity index is 2.80. The minimum absolute atomic E-state index is 0.122. The van der Waals surface area contributed by atoms with E-state index in [1.807, 2.05) is 61.6 Å². The maximum Gasteiger partial charge on any atom is 0.0314 e. The summed E-state index contributed by atoms with van der Waals surface area (Å²) >= 11 is 0. The summed E-state index contributed by atoms with van der Waals surface area (Å²) in [6.07, 6.45) is 22.6. The van der Waals surface area contributed by atoms with E-state index in [-0.39, 0.29) is 5.41 Å². The van der Waals surface area contributed by atoms with Gasteiger partial charge in [-0.2, -0.15) is 0 Å². The monoisotopic (exact) mass is 390 g/mol. The van der Waals surface area contributed by atoms with E-state index in [2.05, 4.69) is 53.3 Å². The molecule has 2 nitrogen and oxygen atoms in total. The second kappa shape index (κ2) is 11.3. The number of nitrogens with two attached hydrogens (primary N) is 2. The van der Waals surface area contributed by atoms with Crippen molar-refractivity contribution in [2.24, 2.45) is 22.8 Å². The van der Waals surface area contributed by atoms with Crippen LogP contribution in [0.15, 0.2) is 107 Å². The first-order valence-corrected chi connectivity index (χ1v) is 10.2. The van der Waals surface area contributed by atoms with Crippen molar-refractivity contribution >= 4 is 0 Å². The lowest BCUT2D eigenvalue weighted by molar-refractivity contribution is 0.344. The van der Waals surface area contributed by atoms with Crippen LogP contribution in [0, 0.1) is 11.3 Å². The molecule has 0 fully saturated rings. The first-order chi connectivity index (χ1) is 13.6. The smallest absolute Gasteiger partial charge is 0.0314 e. The Morgan fingerprint density at radius 3 is 2.24 bits per heavy atom. The first kappa shape index (κ1) is 24.3. The molecule has 156 valence electrons. The molecular formula is C27H38N2. The Bertz CT molecular complexity index is 834. The predicted octanol–water partition coefficient (Wildman–Crippen LogP) is 6.80. The molecule has 4 N–H and O–H groups in total. The van der Waals surface area contributed by atoms with Crippen LogP contribution in [-0.2, 0) is 0 Å². The average molecular weight is 391 g/mol. The molecule has 1 atom stereocenters. The fraction of sp³-hybridized carbons (Fsp3) is 0.333. The molecule has 0 aromatic heterocycles. The van der Waals surface area contributed by atoms with E-state index in [0.717, 1.165) is 6.42 Å². The Hall–Kier alpha value is -2.74. The van der Waals surface area contributed by atoms with E-state index in [1.54, 1.807) is 0 Å². The van der Waals surface area contributed by atoms with Crippen LogP contribution in [0.1, 0.15) is 48.0 Å². The van der Waals surface area contributed by atoms with Crippen molar-refractivity contribution in [1.29, 1.82) is 0 Å². The van der Waals surface area contributed by atoms with Gasteiger partial charge in [-0.25, -0.2) is 0 Å². The molecule has 1 aliphatic rings. The van der Waals surface area contributed by atoms with Gasteiger partial charge >= 0.3 is 0 Å². The minimum atomic E-state index is 0.122. The van der Waals surface area contributed by atoms with Crippen molar-refractivity contribution in [2.75, 3.05) is 0 Å². The lowest BCUT2D eigenvalue weighted by Crippen LogP contribution is -2.25. The van der Waals surface area contributed by atoms with E-state index in [1.165, 1.54) is 22.3 Å². The number of allylic oxidation sites excluding steroid dienone is 15. The summed E-state index contributed by atoms with van der Waals surface area (Å²) in [5.74, 6) is 0.518. The summed E-state index contributed by atoms with van der Waals surface area (Å²) in [7, 11) is 0. The number of hydrogen-bond donors (Lipinski definition) is 2. The highest BCUT2D eigenvalue weighted by Gasteiger charge is 2.32. The second-order valence-electron chi connectivity index (χ2n) is 8.37. The van der Waals surface area contributed by atoms with Gasteiger partial charge in [0.2, 0.25) is 0 Å². The molecule has 0 aromatic rings. The topological polar surface area (TPSA) is 52.0 Å². The largest absolute Gasteiger partial charge is 0.399 e. The molecule has 1 rings (SSSR count). The van der Waals surface area contributed by atoms with Crippen molar-refractivity contribution in [1.82, 2.24) is 0 Å². The van der Waals surface area contributed by atoms with E-state index in [0.29, 0.717) is 17.3 Å². The maximum absolute atomic E-state index is 6.15. The highest BCUT2D eigenvalue weighted by Crippen LogP contribution is 2.45. The van der Waals surface area contributed by atoms with Gasteiger partial charge in [0.05, 0.1) is 0 Å². The molecule has 0 radical (unpaired) electrons. The van der Waals surface area contributed by atoms with Gasteiger partial charge in [-0.15, -0.1) is 0 Å². The van der Waals surface area contributed by atoms with Crippen molar-refractivity contribution in [3.63, 3.8) is 0 Å². The molecule has 1 unspecified atom stereocenters. The zero-order valence-electron chi connectivity index (χ0n) is 19.0. The van der Waals surface area contributed by atoms with Gasteiger partial charge < -0.3 is 11.5 Å². The third kappa shape index (κ3) is 8.03. The zero-order valence-corrected chi connectivity index (χ0v) is 19.0. The van der Waals surface area contributed by atoms with Crippen LogP contribution in [0.4, 0.5) is 0 Å². The van der Waals surface area contributed by atoms with Gasteiger partial charge in [-0.3, -0.25) is 0 Å². The van der Waals surface area contributed by atoms with Gasteiger partial charge in [0.1, 0.15) is 0 Å². The molecule has 0 saturated heterocycles. The minimum Gasteiger partial charge on any atom is -0.399 e. The molecule has 0 bridgehead atoms.